The van der Waals surface area contributed by atoms with Crippen LogP contribution in [-0.4, -0.2) is 36.1 Å². The lowest BCUT2D eigenvalue weighted by atomic mass is 10.2. The van der Waals surface area contributed by atoms with E-state index in [1.807, 2.05) is 13.0 Å². The molecule has 0 atom stereocenters. The van der Waals surface area contributed by atoms with Crippen molar-refractivity contribution in [2.45, 2.75) is 13.5 Å². The Kier molecular flexibility index (Phi) is 5.44. The zero-order valence-corrected chi connectivity index (χ0v) is 11.6. The molecule has 94 valence electrons. The van der Waals surface area contributed by atoms with Gasteiger partial charge in [0.1, 0.15) is 5.75 Å². The van der Waals surface area contributed by atoms with Gasteiger partial charge in [-0.2, -0.15) is 0 Å². The van der Waals surface area contributed by atoms with Crippen molar-refractivity contribution in [2.24, 2.45) is 0 Å². The van der Waals surface area contributed by atoms with Crippen molar-refractivity contribution in [3.8, 4) is 5.75 Å². The van der Waals surface area contributed by atoms with Crippen LogP contribution >= 0.6 is 15.9 Å². The molecule has 0 aliphatic rings. The highest BCUT2D eigenvalue weighted by atomic mass is 79.9. The highest BCUT2D eigenvalue weighted by molar-refractivity contribution is 9.10. The zero-order chi connectivity index (χ0) is 12.8. The monoisotopic (exact) mass is 300 g/mol. The van der Waals surface area contributed by atoms with Crippen LogP contribution in [0.5, 0.6) is 5.75 Å². The Morgan fingerprint density at radius 2 is 2.24 bits per heavy atom. The maximum Gasteiger partial charge on any atom is 0.236 e. The summed E-state index contributed by atoms with van der Waals surface area (Å²) in [4.78, 5) is 13.2. The van der Waals surface area contributed by atoms with Crippen LogP contribution in [0.4, 0.5) is 0 Å². The molecule has 4 nitrogen and oxygen atoms in total. The number of phenols is 1. The second-order valence-electron chi connectivity index (χ2n) is 3.78. The van der Waals surface area contributed by atoms with Crippen molar-refractivity contribution in [1.29, 1.82) is 0 Å². The number of benzene rings is 1. The molecule has 2 N–H and O–H groups in total. The summed E-state index contributed by atoms with van der Waals surface area (Å²) in [5.41, 5.74) is 0.770. The standard InChI is InChI=1S/C12H17BrN2O2/c1-3-15(2)12(17)8-14-7-9-6-10(13)4-5-11(9)16/h4-6,14,16H,3,7-8H2,1-2H3. The predicted molar refractivity (Wildman–Crippen MR) is 70.8 cm³/mol. The smallest absolute Gasteiger partial charge is 0.236 e. The molecular formula is C12H17BrN2O2. The molecule has 1 rings (SSSR count). The second kappa shape index (κ2) is 6.61. The number of carbonyl (C=O) groups is 1. The number of hydrogen-bond donors (Lipinski definition) is 2. The van der Waals surface area contributed by atoms with Crippen LogP contribution in [0.2, 0.25) is 0 Å². The van der Waals surface area contributed by atoms with Crippen molar-refractivity contribution < 1.29 is 9.90 Å². The highest BCUT2D eigenvalue weighted by Crippen LogP contribution is 2.21. The summed E-state index contributed by atoms with van der Waals surface area (Å²) in [6.45, 7) is 3.37. The molecule has 0 bridgehead atoms. The Bertz CT molecular complexity index is 396. The van der Waals surface area contributed by atoms with Crippen molar-refractivity contribution >= 4 is 21.8 Å². The molecule has 1 aromatic carbocycles. The number of likely N-dealkylation sites (N-methyl/N-ethyl adjacent to an activating group) is 1. The number of hydrogen-bond acceptors (Lipinski definition) is 3. The fraction of sp³-hybridized carbons (Fsp3) is 0.417. The Hall–Kier alpha value is -1.07. The normalized spacial score (nSPS) is 10.3. The van der Waals surface area contributed by atoms with Gasteiger partial charge in [-0.1, -0.05) is 15.9 Å². The minimum atomic E-state index is 0.0435. The molecule has 0 aromatic heterocycles. The molecule has 5 heteroatoms. The molecule has 0 heterocycles. The van der Waals surface area contributed by atoms with Gasteiger partial charge >= 0.3 is 0 Å². The van der Waals surface area contributed by atoms with Crippen LogP contribution in [0.25, 0.3) is 0 Å². The SMILES string of the molecule is CCN(C)C(=O)CNCc1cc(Br)ccc1O. The largest absolute Gasteiger partial charge is 0.508 e. The zero-order valence-electron chi connectivity index (χ0n) is 10.0. The average Bonchev–Trinajstić information content (AvgIpc) is 2.32. The van der Waals surface area contributed by atoms with E-state index in [4.69, 9.17) is 0 Å². The number of nitrogens with zero attached hydrogens (tertiary/aromatic N) is 1. The van der Waals surface area contributed by atoms with E-state index >= 15 is 0 Å². The van der Waals surface area contributed by atoms with Crippen LogP contribution in [0.3, 0.4) is 0 Å². The summed E-state index contributed by atoms with van der Waals surface area (Å²) in [5.74, 6) is 0.277. The minimum Gasteiger partial charge on any atom is -0.508 e. The third-order valence-electron chi connectivity index (χ3n) is 2.53. The van der Waals surface area contributed by atoms with E-state index < -0.39 is 0 Å². The molecule has 0 spiro atoms. The van der Waals surface area contributed by atoms with Gasteiger partial charge in [0.15, 0.2) is 0 Å². The van der Waals surface area contributed by atoms with Crippen molar-refractivity contribution in [3.05, 3.63) is 28.2 Å². The van der Waals surface area contributed by atoms with Crippen molar-refractivity contribution in [2.75, 3.05) is 20.1 Å². The summed E-state index contributed by atoms with van der Waals surface area (Å²) >= 11 is 3.34. The summed E-state index contributed by atoms with van der Waals surface area (Å²) in [7, 11) is 1.76. The van der Waals surface area contributed by atoms with Gasteiger partial charge in [-0.15, -0.1) is 0 Å². The first kappa shape index (κ1) is 14.0. The van der Waals surface area contributed by atoms with Crippen molar-refractivity contribution in [1.82, 2.24) is 10.2 Å². The number of aromatic hydroxyl groups is 1. The number of halogens is 1. The topological polar surface area (TPSA) is 52.6 Å². The van der Waals surface area contributed by atoms with Crippen LogP contribution in [0.15, 0.2) is 22.7 Å². The molecule has 0 saturated heterocycles. The molecular weight excluding hydrogens is 284 g/mol. The van der Waals surface area contributed by atoms with Gasteiger partial charge in [0.05, 0.1) is 6.54 Å². The molecule has 1 amide bonds. The fourth-order valence-corrected chi connectivity index (χ4v) is 1.72. The molecule has 17 heavy (non-hydrogen) atoms. The van der Waals surface area contributed by atoms with Crippen LogP contribution in [0, 0.1) is 0 Å². The molecule has 0 unspecified atom stereocenters. The van der Waals surface area contributed by atoms with Gasteiger partial charge in [-0.05, 0) is 25.1 Å². The Labute approximate surface area is 110 Å². The maximum atomic E-state index is 11.5. The van der Waals surface area contributed by atoms with E-state index in [9.17, 15) is 9.90 Å². The van der Waals surface area contributed by atoms with Crippen LogP contribution < -0.4 is 5.32 Å². The summed E-state index contributed by atoms with van der Waals surface area (Å²) in [6, 6.07) is 5.23. The van der Waals surface area contributed by atoms with Crippen molar-refractivity contribution in [3.63, 3.8) is 0 Å². The highest BCUT2D eigenvalue weighted by Gasteiger charge is 2.06. The average molecular weight is 301 g/mol. The van der Waals surface area contributed by atoms with Gasteiger partial charge in [-0.25, -0.2) is 0 Å². The van der Waals surface area contributed by atoms with Crippen LogP contribution in [-0.2, 0) is 11.3 Å². The Balaban J connectivity index is 2.46. The number of carbonyl (C=O) groups excluding carboxylic acids is 1. The van der Waals surface area contributed by atoms with E-state index in [1.54, 1.807) is 24.1 Å². The molecule has 0 aliphatic carbocycles. The maximum absolute atomic E-state index is 11.5. The van der Waals surface area contributed by atoms with Gasteiger partial charge in [0.2, 0.25) is 5.91 Å². The second-order valence-corrected chi connectivity index (χ2v) is 4.70. The van der Waals surface area contributed by atoms with Crippen LogP contribution in [0.1, 0.15) is 12.5 Å². The number of nitrogens with one attached hydrogen (secondary N) is 1. The molecule has 0 radical (unpaired) electrons. The van der Waals surface area contributed by atoms with E-state index in [0.717, 1.165) is 10.0 Å². The molecule has 0 fully saturated rings. The Morgan fingerprint density at radius 1 is 1.53 bits per heavy atom. The quantitative estimate of drug-likeness (QED) is 0.871. The lowest BCUT2D eigenvalue weighted by molar-refractivity contribution is -0.128. The summed E-state index contributed by atoms with van der Waals surface area (Å²) in [5, 5.41) is 12.6. The van der Waals surface area contributed by atoms with E-state index in [-0.39, 0.29) is 18.2 Å². The van der Waals surface area contributed by atoms with Gasteiger partial charge in [0, 0.05) is 30.2 Å². The molecule has 1 aromatic rings. The van der Waals surface area contributed by atoms with Gasteiger partial charge in [-0.3, -0.25) is 4.79 Å². The summed E-state index contributed by atoms with van der Waals surface area (Å²) in [6.07, 6.45) is 0. The third-order valence-corrected chi connectivity index (χ3v) is 3.03. The lowest BCUT2D eigenvalue weighted by Gasteiger charge is -2.15. The van der Waals surface area contributed by atoms with Gasteiger partial charge < -0.3 is 15.3 Å². The first-order valence-corrected chi connectivity index (χ1v) is 6.26. The fourth-order valence-electron chi connectivity index (χ4n) is 1.31. The number of amides is 1. The van der Waals surface area contributed by atoms with E-state index in [0.29, 0.717) is 13.1 Å². The first-order valence-electron chi connectivity index (χ1n) is 5.46. The van der Waals surface area contributed by atoms with E-state index in [1.165, 1.54) is 0 Å². The summed E-state index contributed by atoms with van der Waals surface area (Å²) < 4.78 is 0.907. The third kappa shape index (κ3) is 4.36. The minimum absolute atomic E-state index is 0.0435. The first-order chi connectivity index (χ1) is 8.04. The molecule has 0 saturated carbocycles. The molecule has 0 aliphatic heterocycles. The Morgan fingerprint density at radius 3 is 2.88 bits per heavy atom. The number of phenolic OH excluding ortho intramolecular Hbond substituents is 1. The predicted octanol–water partition coefficient (Wildman–Crippen LogP) is 1.72. The van der Waals surface area contributed by atoms with Gasteiger partial charge in [0.25, 0.3) is 0 Å². The lowest BCUT2D eigenvalue weighted by Crippen LogP contribution is -2.35. The number of rotatable bonds is 5. The van der Waals surface area contributed by atoms with E-state index in [2.05, 4.69) is 21.2 Å².